The largest absolute Gasteiger partial charge is 0.344 e. The molecular weight excluding hydrogens is 295 g/mol. The molecule has 0 saturated heterocycles. The molecule has 1 aromatic carbocycles. The highest BCUT2D eigenvalue weighted by Gasteiger charge is 2.24. The molecule has 1 aromatic rings. The second kappa shape index (κ2) is 6.79. The number of rotatable bonds is 6. The van der Waals surface area contributed by atoms with E-state index in [0.717, 1.165) is 12.1 Å². The van der Waals surface area contributed by atoms with Gasteiger partial charge in [0.2, 0.25) is 5.91 Å². The first-order chi connectivity index (χ1) is 9.47. The van der Waals surface area contributed by atoms with Crippen LogP contribution in [0.1, 0.15) is 31.4 Å². The van der Waals surface area contributed by atoms with Gasteiger partial charge in [-0.3, -0.25) is 4.79 Å². The highest BCUT2D eigenvalue weighted by atomic mass is 35.5. The van der Waals surface area contributed by atoms with Crippen LogP contribution in [0.2, 0.25) is 10.0 Å². The third-order valence-electron chi connectivity index (χ3n) is 3.64. The number of hydrogen-bond donors (Lipinski definition) is 1. The third-order valence-corrected chi connectivity index (χ3v) is 4.21. The van der Waals surface area contributed by atoms with Crippen molar-refractivity contribution in [2.75, 3.05) is 20.1 Å². The van der Waals surface area contributed by atoms with Gasteiger partial charge >= 0.3 is 0 Å². The number of nitrogens with one attached hydrogen (secondary N) is 1. The Morgan fingerprint density at radius 2 is 2.15 bits per heavy atom. The molecule has 2 rings (SSSR count). The van der Waals surface area contributed by atoms with E-state index < -0.39 is 0 Å². The average Bonchev–Trinajstić information content (AvgIpc) is 3.19. The van der Waals surface area contributed by atoms with Gasteiger partial charge in [-0.2, -0.15) is 0 Å². The molecule has 0 radical (unpaired) electrons. The van der Waals surface area contributed by atoms with Gasteiger partial charge in [0, 0.05) is 29.7 Å². The quantitative estimate of drug-likeness (QED) is 0.871. The summed E-state index contributed by atoms with van der Waals surface area (Å²) in [4.78, 5) is 13.8. The first-order valence-electron chi connectivity index (χ1n) is 6.89. The van der Waals surface area contributed by atoms with Crippen LogP contribution in [0.15, 0.2) is 18.2 Å². The second-order valence-corrected chi connectivity index (χ2v) is 6.33. The molecule has 0 aliphatic heterocycles. The van der Waals surface area contributed by atoms with E-state index in [4.69, 9.17) is 23.2 Å². The van der Waals surface area contributed by atoms with Gasteiger partial charge < -0.3 is 10.2 Å². The van der Waals surface area contributed by atoms with Gasteiger partial charge in [0.25, 0.3) is 0 Å². The zero-order chi connectivity index (χ0) is 14.7. The molecule has 0 spiro atoms. The summed E-state index contributed by atoms with van der Waals surface area (Å²) in [6.45, 7) is 3.18. The minimum absolute atomic E-state index is 0.0121. The number of carbonyl (C=O) groups is 1. The predicted molar refractivity (Wildman–Crippen MR) is 83.2 cm³/mol. The van der Waals surface area contributed by atoms with Crippen LogP contribution >= 0.6 is 23.2 Å². The summed E-state index contributed by atoms with van der Waals surface area (Å²) in [5, 5.41) is 4.45. The Hall–Kier alpha value is -0.770. The first kappa shape index (κ1) is 15.6. The second-order valence-electron chi connectivity index (χ2n) is 5.49. The van der Waals surface area contributed by atoms with E-state index in [2.05, 4.69) is 5.32 Å². The maximum absolute atomic E-state index is 12.0. The van der Waals surface area contributed by atoms with Crippen LogP contribution in [0.4, 0.5) is 0 Å². The minimum Gasteiger partial charge on any atom is -0.344 e. The molecule has 0 aromatic heterocycles. The van der Waals surface area contributed by atoms with E-state index in [1.54, 1.807) is 11.0 Å². The standard InChI is InChI=1S/C15H20Cl2N2O/c1-10(13-6-5-12(16)7-14(13)17)18-8-15(20)19(2)9-11-3-4-11/h5-7,10-11,18H,3-4,8-9H2,1-2H3. The summed E-state index contributed by atoms with van der Waals surface area (Å²) in [7, 11) is 1.86. The maximum atomic E-state index is 12.0. The van der Waals surface area contributed by atoms with Gasteiger partial charge in [-0.05, 0) is 43.4 Å². The van der Waals surface area contributed by atoms with Crippen LogP contribution in [-0.2, 0) is 4.79 Å². The predicted octanol–water partition coefficient (Wildman–Crippen LogP) is 3.51. The molecule has 20 heavy (non-hydrogen) atoms. The van der Waals surface area contributed by atoms with Crippen molar-refractivity contribution in [3.63, 3.8) is 0 Å². The molecule has 3 nitrogen and oxygen atoms in total. The molecule has 1 aliphatic rings. The van der Waals surface area contributed by atoms with E-state index in [1.807, 2.05) is 26.1 Å². The minimum atomic E-state index is 0.0121. The molecule has 5 heteroatoms. The molecular formula is C15H20Cl2N2O. The van der Waals surface area contributed by atoms with Crippen molar-refractivity contribution in [1.29, 1.82) is 0 Å². The van der Waals surface area contributed by atoms with Crippen molar-refractivity contribution < 1.29 is 4.79 Å². The SMILES string of the molecule is CC(NCC(=O)N(C)CC1CC1)c1ccc(Cl)cc1Cl. The lowest BCUT2D eigenvalue weighted by Crippen LogP contribution is -2.37. The molecule has 0 heterocycles. The highest BCUT2D eigenvalue weighted by molar-refractivity contribution is 6.35. The Kier molecular flexibility index (Phi) is 5.30. The van der Waals surface area contributed by atoms with Crippen LogP contribution in [0.25, 0.3) is 0 Å². The van der Waals surface area contributed by atoms with Crippen molar-refractivity contribution >= 4 is 29.1 Å². The Morgan fingerprint density at radius 1 is 1.45 bits per heavy atom. The van der Waals surface area contributed by atoms with Crippen LogP contribution in [0, 0.1) is 5.92 Å². The normalized spacial score (nSPS) is 16.0. The van der Waals surface area contributed by atoms with Gasteiger partial charge in [0.15, 0.2) is 0 Å². The molecule has 1 unspecified atom stereocenters. The summed E-state index contributed by atoms with van der Waals surface area (Å²) in [5.74, 6) is 0.834. The number of hydrogen-bond acceptors (Lipinski definition) is 2. The smallest absolute Gasteiger partial charge is 0.236 e. The molecule has 1 atom stereocenters. The van der Waals surface area contributed by atoms with Gasteiger partial charge in [-0.1, -0.05) is 29.3 Å². The number of benzene rings is 1. The number of halogens is 2. The van der Waals surface area contributed by atoms with Crippen molar-refractivity contribution in [2.45, 2.75) is 25.8 Å². The molecule has 1 saturated carbocycles. The van der Waals surface area contributed by atoms with Gasteiger partial charge in [-0.15, -0.1) is 0 Å². The van der Waals surface area contributed by atoms with Gasteiger partial charge in [0.05, 0.1) is 6.54 Å². The Labute approximate surface area is 130 Å². The zero-order valence-electron chi connectivity index (χ0n) is 11.8. The fraction of sp³-hybridized carbons (Fsp3) is 0.533. The summed E-state index contributed by atoms with van der Waals surface area (Å²) in [5.41, 5.74) is 0.953. The van der Waals surface area contributed by atoms with Crippen molar-refractivity contribution in [3.8, 4) is 0 Å². The van der Waals surface area contributed by atoms with E-state index in [9.17, 15) is 4.79 Å². The molecule has 1 amide bonds. The lowest BCUT2D eigenvalue weighted by molar-refractivity contribution is -0.129. The lowest BCUT2D eigenvalue weighted by atomic mass is 10.1. The van der Waals surface area contributed by atoms with E-state index >= 15 is 0 Å². The topological polar surface area (TPSA) is 32.3 Å². The average molecular weight is 315 g/mol. The number of likely N-dealkylation sites (N-methyl/N-ethyl adjacent to an activating group) is 1. The summed E-state index contributed by atoms with van der Waals surface area (Å²) in [6.07, 6.45) is 2.50. The Morgan fingerprint density at radius 3 is 2.75 bits per heavy atom. The van der Waals surface area contributed by atoms with Gasteiger partial charge in [0.1, 0.15) is 0 Å². The number of nitrogens with zero attached hydrogens (tertiary/aromatic N) is 1. The van der Waals surface area contributed by atoms with Crippen LogP contribution in [0.5, 0.6) is 0 Å². The Balaban J connectivity index is 1.84. The monoisotopic (exact) mass is 314 g/mol. The maximum Gasteiger partial charge on any atom is 0.236 e. The van der Waals surface area contributed by atoms with Crippen LogP contribution < -0.4 is 5.32 Å². The molecule has 110 valence electrons. The fourth-order valence-electron chi connectivity index (χ4n) is 2.13. The summed E-state index contributed by atoms with van der Waals surface area (Å²) in [6, 6.07) is 5.43. The highest BCUT2D eigenvalue weighted by Crippen LogP contribution is 2.29. The fourth-order valence-corrected chi connectivity index (χ4v) is 2.70. The van der Waals surface area contributed by atoms with Gasteiger partial charge in [-0.25, -0.2) is 0 Å². The van der Waals surface area contributed by atoms with Crippen LogP contribution in [0.3, 0.4) is 0 Å². The number of carbonyl (C=O) groups excluding carboxylic acids is 1. The molecule has 1 aliphatic carbocycles. The van der Waals surface area contributed by atoms with Crippen LogP contribution in [-0.4, -0.2) is 30.9 Å². The van der Waals surface area contributed by atoms with E-state index in [-0.39, 0.29) is 11.9 Å². The molecule has 1 N–H and O–H groups in total. The van der Waals surface area contributed by atoms with Crippen molar-refractivity contribution in [3.05, 3.63) is 33.8 Å². The third kappa shape index (κ3) is 4.37. The number of amides is 1. The van der Waals surface area contributed by atoms with Crippen molar-refractivity contribution in [1.82, 2.24) is 10.2 Å². The van der Waals surface area contributed by atoms with E-state index in [0.29, 0.717) is 22.5 Å². The van der Waals surface area contributed by atoms with Crippen molar-refractivity contribution in [2.24, 2.45) is 5.92 Å². The van der Waals surface area contributed by atoms with E-state index in [1.165, 1.54) is 12.8 Å². The first-order valence-corrected chi connectivity index (χ1v) is 7.65. The zero-order valence-corrected chi connectivity index (χ0v) is 13.3. The molecule has 1 fully saturated rings. The summed E-state index contributed by atoms with van der Waals surface area (Å²) < 4.78 is 0. The molecule has 0 bridgehead atoms. The summed E-state index contributed by atoms with van der Waals surface area (Å²) >= 11 is 12.0. The Bertz CT molecular complexity index is 489. The lowest BCUT2D eigenvalue weighted by Gasteiger charge is -2.20.